The zero-order valence-electron chi connectivity index (χ0n) is 22.6. The molecule has 0 atom stereocenters. The summed E-state index contributed by atoms with van der Waals surface area (Å²) in [6.45, 7) is 5.03. The average Bonchev–Trinajstić information content (AvgIpc) is 3.24. The quantitative estimate of drug-likeness (QED) is 0.212. The number of piperidine rings is 1. The van der Waals surface area contributed by atoms with Crippen molar-refractivity contribution in [3.63, 3.8) is 0 Å². The van der Waals surface area contributed by atoms with E-state index >= 15 is 0 Å². The van der Waals surface area contributed by atoms with Gasteiger partial charge in [0.1, 0.15) is 5.75 Å². The summed E-state index contributed by atoms with van der Waals surface area (Å²) in [4.78, 5) is 2.47. The molecule has 0 saturated carbocycles. The number of halogens is 4. The molecule has 13 heteroatoms. The first-order valence-electron chi connectivity index (χ1n) is 13.1. The number of likely N-dealkylation sites (tertiary alicyclic amines) is 1. The van der Waals surface area contributed by atoms with Crippen LogP contribution in [0.25, 0.3) is 10.1 Å². The SMILES string of the molecule is CC(C)N1CCC(Nc2cccc3c(CC(F)(F)F)c(C#CCNc4ccc(S(N)(=O)=O)cc4OCF)sc23)CC1. The second-order valence-electron chi connectivity index (χ2n) is 10.0. The molecule has 4 rings (SSSR count). The second-order valence-corrected chi connectivity index (χ2v) is 12.6. The first-order chi connectivity index (χ1) is 19.4. The van der Waals surface area contributed by atoms with Crippen molar-refractivity contribution >= 4 is 42.8 Å². The largest absolute Gasteiger partial charge is 0.461 e. The van der Waals surface area contributed by atoms with Gasteiger partial charge in [0, 0.05) is 31.2 Å². The maximum absolute atomic E-state index is 13.6. The Morgan fingerprint density at radius 2 is 1.90 bits per heavy atom. The Bertz CT molecular complexity index is 1540. The minimum absolute atomic E-state index is 0.0173. The molecule has 222 valence electrons. The van der Waals surface area contributed by atoms with E-state index in [1.165, 1.54) is 23.5 Å². The molecule has 1 aromatic heterocycles. The Hall–Kier alpha value is -3.05. The summed E-state index contributed by atoms with van der Waals surface area (Å²) in [6, 6.07) is 9.70. The minimum atomic E-state index is -4.42. The lowest BCUT2D eigenvalue weighted by molar-refractivity contribution is -0.126. The maximum Gasteiger partial charge on any atom is 0.393 e. The summed E-state index contributed by atoms with van der Waals surface area (Å²) >= 11 is 1.22. The number of benzene rings is 2. The maximum atomic E-state index is 13.6. The summed E-state index contributed by atoms with van der Waals surface area (Å²) in [5.74, 6) is 5.62. The lowest BCUT2D eigenvalue weighted by atomic mass is 10.0. The van der Waals surface area contributed by atoms with Crippen LogP contribution in [0.2, 0.25) is 0 Å². The number of alkyl halides is 4. The third-order valence-electron chi connectivity index (χ3n) is 6.88. The minimum Gasteiger partial charge on any atom is -0.461 e. The van der Waals surface area contributed by atoms with Crippen molar-refractivity contribution in [2.75, 3.05) is 37.1 Å². The van der Waals surface area contributed by atoms with Crippen molar-refractivity contribution in [2.45, 2.75) is 56.3 Å². The van der Waals surface area contributed by atoms with Gasteiger partial charge in [0.05, 0.1) is 38.8 Å². The molecule has 7 nitrogen and oxygen atoms in total. The highest BCUT2D eigenvalue weighted by atomic mass is 32.2. The fourth-order valence-electron chi connectivity index (χ4n) is 4.81. The van der Waals surface area contributed by atoms with Gasteiger partial charge >= 0.3 is 6.18 Å². The number of nitrogens with two attached hydrogens (primary N) is 1. The fraction of sp³-hybridized carbons (Fsp3) is 0.429. The number of sulfonamides is 1. The second kappa shape index (κ2) is 12.9. The first kappa shape index (κ1) is 30.9. The van der Waals surface area contributed by atoms with Crippen LogP contribution < -0.4 is 20.5 Å². The van der Waals surface area contributed by atoms with Crippen LogP contribution >= 0.6 is 11.3 Å². The molecule has 1 saturated heterocycles. The molecule has 2 aromatic carbocycles. The molecule has 2 heterocycles. The number of anilines is 2. The van der Waals surface area contributed by atoms with Gasteiger partial charge in [-0.05, 0) is 55.8 Å². The van der Waals surface area contributed by atoms with Gasteiger partial charge in [-0.15, -0.1) is 11.3 Å². The van der Waals surface area contributed by atoms with Crippen molar-refractivity contribution in [1.29, 1.82) is 0 Å². The van der Waals surface area contributed by atoms with Gasteiger partial charge in [-0.3, -0.25) is 0 Å². The molecular weight excluding hydrogens is 580 g/mol. The number of ether oxygens (including phenoxy) is 1. The molecule has 41 heavy (non-hydrogen) atoms. The van der Waals surface area contributed by atoms with Gasteiger partial charge in [-0.1, -0.05) is 24.0 Å². The number of rotatable bonds is 9. The third-order valence-corrected chi connectivity index (χ3v) is 8.98. The highest BCUT2D eigenvalue weighted by Crippen LogP contribution is 2.39. The van der Waals surface area contributed by atoms with Crippen molar-refractivity contribution in [1.82, 2.24) is 4.90 Å². The Morgan fingerprint density at radius 3 is 2.54 bits per heavy atom. The van der Waals surface area contributed by atoms with Gasteiger partial charge in [-0.25, -0.2) is 17.9 Å². The highest BCUT2D eigenvalue weighted by molar-refractivity contribution is 7.89. The van der Waals surface area contributed by atoms with Gasteiger partial charge in [0.25, 0.3) is 0 Å². The van der Waals surface area contributed by atoms with Crippen LogP contribution in [0, 0.1) is 11.8 Å². The zero-order valence-corrected chi connectivity index (χ0v) is 24.3. The molecule has 3 aromatic rings. The molecule has 4 N–H and O–H groups in total. The summed E-state index contributed by atoms with van der Waals surface area (Å²) in [6.07, 6.45) is -3.64. The lowest BCUT2D eigenvalue weighted by Gasteiger charge is -2.35. The molecule has 0 spiro atoms. The summed E-state index contributed by atoms with van der Waals surface area (Å²) in [5, 5.41) is 12.1. The van der Waals surface area contributed by atoms with E-state index < -0.39 is 29.5 Å². The van der Waals surface area contributed by atoms with Crippen LogP contribution in [0.5, 0.6) is 5.75 Å². The molecule has 1 aliphatic rings. The number of thiophene rings is 1. The Morgan fingerprint density at radius 1 is 1.17 bits per heavy atom. The third kappa shape index (κ3) is 8.03. The summed E-state index contributed by atoms with van der Waals surface area (Å²) in [5.41, 5.74) is 1.18. The molecule has 0 aliphatic carbocycles. The van der Waals surface area contributed by atoms with Crippen LogP contribution in [0.1, 0.15) is 37.1 Å². The smallest absolute Gasteiger partial charge is 0.393 e. The Kier molecular flexibility index (Phi) is 9.69. The number of primary sulfonamides is 1. The predicted molar refractivity (Wildman–Crippen MR) is 155 cm³/mol. The average molecular weight is 613 g/mol. The number of hydrogen-bond acceptors (Lipinski definition) is 7. The van der Waals surface area contributed by atoms with Crippen LogP contribution in [0.15, 0.2) is 41.3 Å². The van der Waals surface area contributed by atoms with E-state index in [4.69, 9.17) is 9.88 Å². The van der Waals surface area contributed by atoms with E-state index in [-0.39, 0.29) is 34.5 Å². The van der Waals surface area contributed by atoms with Crippen LogP contribution in [0.3, 0.4) is 0 Å². The number of nitrogens with one attached hydrogen (secondary N) is 2. The molecule has 0 unspecified atom stereocenters. The van der Waals surface area contributed by atoms with Crippen molar-refractivity contribution in [3.8, 4) is 17.6 Å². The van der Waals surface area contributed by atoms with Crippen molar-refractivity contribution < 1.29 is 30.7 Å². The van der Waals surface area contributed by atoms with Crippen LogP contribution in [-0.4, -0.2) is 58.1 Å². The fourth-order valence-corrected chi connectivity index (χ4v) is 6.51. The van der Waals surface area contributed by atoms with E-state index in [1.807, 2.05) is 6.07 Å². The predicted octanol–water partition coefficient (Wildman–Crippen LogP) is 5.71. The molecular formula is C28H32F4N4O3S2. The van der Waals surface area contributed by atoms with E-state index in [0.29, 0.717) is 16.3 Å². The lowest BCUT2D eigenvalue weighted by Crippen LogP contribution is -2.42. The Labute approximate surface area is 241 Å². The van der Waals surface area contributed by atoms with E-state index in [1.54, 1.807) is 12.1 Å². The monoisotopic (exact) mass is 612 g/mol. The van der Waals surface area contributed by atoms with Crippen molar-refractivity contribution in [2.24, 2.45) is 5.14 Å². The van der Waals surface area contributed by atoms with E-state index in [9.17, 15) is 26.0 Å². The molecule has 1 fully saturated rings. The normalized spacial score (nSPS) is 15.1. The number of hydrogen-bond donors (Lipinski definition) is 3. The van der Waals surface area contributed by atoms with Crippen LogP contribution in [-0.2, 0) is 16.4 Å². The highest BCUT2D eigenvalue weighted by Gasteiger charge is 2.31. The van der Waals surface area contributed by atoms with E-state index in [0.717, 1.165) is 42.4 Å². The standard InChI is InChI=1S/C28H32F4N4O3S2/c1-18(2)36-13-10-19(11-14-36)35-24-6-3-5-21-22(16-28(30,31)32)26(40-27(21)24)7-4-12-34-23-9-8-20(41(33,37)38)15-25(23)39-17-29/h3,5-6,8-9,15,18-19,34-35H,10-14,16-17H2,1-2H3,(H2,33,37,38). The van der Waals surface area contributed by atoms with Gasteiger partial charge in [0.15, 0.2) is 0 Å². The Balaban J connectivity index is 1.57. The van der Waals surface area contributed by atoms with Crippen LogP contribution in [0.4, 0.5) is 28.9 Å². The number of fused-ring (bicyclic) bond motifs is 1. The molecule has 1 aliphatic heterocycles. The summed E-state index contributed by atoms with van der Waals surface area (Å²) < 4.78 is 82.4. The van der Waals surface area contributed by atoms with Gasteiger partial charge in [0.2, 0.25) is 16.9 Å². The molecule has 0 radical (unpaired) electrons. The topological polar surface area (TPSA) is 96.7 Å². The van der Waals surface area contributed by atoms with Gasteiger partial charge in [-0.2, -0.15) is 13.2 Å². The zero-order chi connectivity index (χ0) is 29.8. The molecule has 0 bridgehead atoms. The number of nitrogens with zero attached hydrogens (tertiary/aromatic N) is 1. The summed E-state index contributed by atoms with van der Waals surface area (Å²) in [7, 11) is -4.03. The van der Waals surface area contributed by atoms with E-state index in [2.05, 4.69) is 41.2 Å². The van der Waals surface area contributed by atoms with Gasteiger partial charge < -0.3 is 20.3 Å². The molecule has 0 amide bonds. The first-order valence-corrected chi connectivity index (χ1v) is 15.4. The van der Waals surface area contributed by atoms with Crippen molar-refractivity contribution in [3.05, 3.63) is 46.8 Å².